The number of hydrogen-bond acceptors (Lipinski definition) is 3. The van der Waals surface area contributed by atoms with E-state index >= 15 is 0 Å². The molecule has 0 saturated heterocycles. The van der Waals surface area contributed by atoms with E-state index < -0.39 is 5.82 Å². The molecule has 0 bridgehead atoms. The van der Waals surface area contributed by atoms with Gasteiger partial charge in [-0.3, -0.25) is 0 Å². The monoisotopic (exact) mass is 281 g/mol. The van der Waals surface area contributed by atoms with Crippen LogP contribution >= 0.6 is 11.6 Å². The van der Waals surface area contributed by atoms with Gasteiger partial charge in [-0.25, -0.2) is 9.37 Å². The number of nitrogens with zero attached hydrogens (tertiary/aromatic N) is 1. The Labute approximate surface area is 115 Å². The van der Waals surface area contributed by atoms with E-state index in [9.17, 15) is 4.39 Å². The fourth-order valence-electron chi connectivity index (χ4n) is 1.62. The van der Waals surface area contributed by atoms with E-state index in [1.807, 2.05) is 0 Å². The Morgan fingerprint density at radius 3 is 2.74 bits per heavy atom. The van der Waals surface area contributed by atoms with Gasteiger partial charge in [-0.1, -0.05) is 18.2 Å². The van der Waals surface area contributed by atoms with Gasteiger partial charge in [-0.05, 0) is 12.1 Å². The Kier molecular flexibility index (Phi) is 4.58. The molecule has 3 nitrogen and oxygen atoms in total. The molecule has 0 radical (unpaired) electrons. The van der Waals surface area contributed by atoms with Crippen LogP contribution in [-0.4, -0.2) is 12.1 Å². The van der Waals surface area contributed by atoms with E-state index in [1.54, 1.807) is 30.3 Å². The minimum atomic E-state index is -0.430. The first-order chi connectivity index (χ1) is 9.24. The standard InChI is InChI=1S/C14H13ClFNO2/c1-18-13-7-3-5-11(17-13)9-19-14-10(8-15)4-2-6-12(14)16/h2-7H,8-9H2,1H3. The maximum absolute atomic E-state index is 13.7. The van der Waals surface area contributed by atoms with Crippen LogP contribution in [0.25, 0.3) is 0 Å². The summed E-state index contributed by atoms with van der Waals surface area (Å²) in [5.41, 5.74) is 1.27. The molecule has 0 amide bonds. The second kappa shape index (κ2) is 6.38. The highest BCUT2D eigenvalue weighted by molar-refractivity contribution is 6.17. The topological polar surface area (TPSA) is 31.4 Å². The highest BCUT2D eigenvalue weighted by Crippen LogP contribution is 2.25. The Hall–Kier alpha value is -1.81. The molecule has 0 saturated carbocycles. The molecule has 0 aliphatic carbocycles. The number of hydrogen-bond donors (Lipinski definition) is 0. The Morgan fingerprint density at radius 1 is 1.21 bits per heavy atom. The van der Waals surface area contributed by atoms with Crippen LogP contribution in [0.4, 0.5) is 4.39 Å². The SMILES string of the molecule is COc1cccc(COc2c(F)cccc2CCl)n1. The highest BCUT2D eigenvalue weighted by Gasteiger charge is 2.09. The molecular formula is C14H13ClFNO2. The lowest BCUT2D eigenvalue weighted by molar-refractivity contribution is 0.281. The van der Waals surface area contributed by atoms with E-state index in [0.29, 0.717) is 17.1 Å². The van der Waals surface area contributed by atoms with Crippen LogP contribution in [0.2, 0.25) is 0 Å². The molecule has 1 heterocycles. The van der Waals surface area contributed by atoms with Gasteiger partial charge in [0.15, 0.2) is 11.6 Å². The summed E-state index contributed by atoms with van der Waals surface area (Å²) in [6.07, 6.45) is 0. The number of methoxy groups -OCH3 is 1. The van der Waals surface area contributed by atoms with Crippen molar-refractivity contribution in [3.05, 3.63) is 53.5 Å². The molecule has 0 atom stereocenters. The number of ether oxygens (including phenoxy) is 2. The maximum Gasteiger partial charge on any atom is 0.213 e. The number of pyridine rings is 1. The molecule has 5 heteroatoms. The minimum Gasteiger partial charge on any atom is -0.484 e. The largest absolute Gasteiger partial charge is 0.484 e. The molecule has 19 heavy (non-hydrogen) atoms. The molecule has 0 unspecified atom stereocenters. The van der Waals surface area contributed by atoms with Gasteiger partial charge < -0.3 is 9.47 Å². The summed E-state index contributed by atoms with van der Waals surface area (Å²) in [6.45, 7) is 0.155. The number of benzene rings is 1. The number of alkyl halides is 1. The first-order valence-corrected chi connectivity index (χ1v) is 6.24. The number of rotatable bonds is 5. The summed E-state index contributed by atoms with van der Waals surface area (Å²) in [6, 6.07) is 9.98. The van der Waals surface area contributed by atoms with Crippen LogP contribution in [0, 0.1) is 5.82 Å². The zero-order chi connectivity index (χ0) is 13.7. The van der Waals surface area contributed by atoms with Gasteiger partial charge in [0.2, 0.25) is 5.88 Å². The fraction of sp³-hybridized carbons (Fsp3) is 0.214. The van der Waals surface area contributed by atoms with E-state index in [2.05, 4.69) is 4.98 Å². The Balaban J connectivity index is 2.14. The minimum absolute atomic E-state index is 0.155. The lowest BCUT2D eigenvalue weighted by Gasteiger charge is -2.10. The lowest BCUT2D eigenvalue weighted by atomic mass is 10.2. The predicted octanol–water partition coefficient (Wildman–Crippen LogP) is 3.55. The highest BCUT2D eigenvalue weighted by atomic mass is 35.5. The molecule has 0 aliphatic rings. The van der Waals surface area contributed by atoms with Crippen molar-refractivity contribution in [1.29, 1.82) is 0 Å². The Morgan fingerprint density at radius 2 is 2.00 bits per heavy atom. The quantitative estimate of drug-likeness (QED) is 0.786. The maximum atomic E-state index is 13.7. The Bertz CT molecular complexity index is 563. The van der Waals surface area contributed by atoms with Crippen LogP contribution in [0.3, 0.4) is 0 Å². The third kappa shape index (κ3) is 3.35. The van der Waals surface area contributed by atoms with Gasteiger partial charge >= 0.3 is 0 Å². The van der Waals surface area contributed by atoms with Crippen molar-refractivity contribution in [3.8, 4) is 11.6 Å². The second-order valence-corrected chi connectivity index (χ2v) is 4.09. The molecule has 1 aromatic heterocycles. The van der Waals surface area contributed by atoms with Crippen LogP contribution in [0.1, 0.15) is 11.3 Å². The van der Waals surface area contributed by atoms with Gasteiger partial charge in [0.25, 0.3) is 0 Å². The first-order valence-electron chi connectivity index (χ1n) is 5.70. The summed E-state index contributed by atoms with van der Waals surface area (Å²) in [5.74, 6) is 0.425. The van der Waals surface area contributed by atoms with Crippen molar-refractivity contribution in [2.45, 2.75) is 12.5 Å². The number of aromatic nitrogens is 1. The van der Waals surface area contributed by atoms with Gasteiger partial charge in [-0.2, -0.15) is 0 Å². The average Bonchev–Trinajstić information content (AvgIpc) is 2.46. The first kappa shape index (κ1) is 13.6. The van der Waals surface area contributed by atoms with Gasteiger partial charge in [-0.15, -0.1) is 11.6 Å². The summed E-state index contributed by atoms with van der Waals surface area (Å²) in [7, 11) is 1.54. The predicted molar refractivity (Wildman–Crippen MR) is 71.1 cm³/mol. The summed E-state index contributed by atoms with van der Waals surface area (Å²) >= 11 is 5.75. The third-order valence-electron chi connectivity index (χ3n) is 2.55. The summed E-state index contributed by atoms with van der Waals surface area (Å²) < 4.78 is 24.1. The third-order valence-corrected chi connectivity index (χ3v) is 2.84. The van der Waals surface area contributed by atoms with E-state index in [0.717, 1.165) is 0 Å². The van der Waals surface area contributed by atoms with Crippen molar-refractivity contribution in [2.75, 3.05) is 7.11 Å². The zero-order valence-electron chi connectivity index (χ0n) is 10.4. The molecular weight excluding hydrogens is 269 g/mol. The number of para-hydroxylation sites is 1. The molecule has 0 fully saturated rings. The van der Waals surface area contributed by atoms with Gasteiger partial charge in [0.1, 0.15) is 6.61 Å². The van der Waals surface area contributed by atoms with Crippen LogP contribution in [0.5, 0.6) is 11.6 Å². The second-order valence-electron chi connectivity index (χ2n) is 3.82. The molecule has 2 aromatic rings. The van der Waals surface area contributed by atoms with Crippen LogP contribution < -0.4 is 9.47 Å². The summed E-state index contributed by atoms with van der Waals surface area (Å²) in [5, 5.41) is 0. The van der Waals surface area contributed by atoms with Crippen molar-refractivity contribution >= 4 is 11.6 Å². The van der Waals surface area contributed by atoms with E-state index in [1.165, 1.54) is 13.2 Å². The van der Waals surface area contributed by atoms with Gasteiger partial charge in [0, 0.05) is 11.6 Å². The van der Waals surface area contributed by atoms with E-state index in [-0.39, 0.29) is 18.2 Å². The normalized spacial score (nSPS) is 10.3. The lowest BCUT2D eigenvalue weighted by Crippen LogP contribution is -2.02. The van der Waals surface area contributed by atoms with Crippen molar-refractivity contribution < 1.29 is 13.9 Å². The average molecular weight is 282 g/mol. The molecule has 0 spiro atoms. The zero-order valence-corrected chi connectivity index (χ0v) is 11.2. The van der Waals surface area contributed by atoms with Gasteiger partial charge in [0.05, 0.1) is 18.7 Å². The molecule has 100 valence electrons. The smallest absolute Gasteiger partial charge is 0.213 e. The molecule has 0 aliphatic heterocycles. The fourth-order valence-corrected chi connectivity index (χ4v) is 1.83. The number of halogens is 2. The van der Waals surface area contributed by atoms with Crippen molar-refractivity contribution in [1.82, 2.24) is 4.98 Å². The van der Waals surface area contributed by atoms with Crippen LogP contribution in [-0.2, 0) is 12.5 Å². The van der Waals surface area contributed by atoms with Crippen molar-refractivity contribution in [2.24, 2.45) is 0 Å². The van der Waals surface area contributed by atoms with Crippen molar-refractivity contribution in [3.63, 3.8) is 0 Å². The summed E-state index contributed by atoms with van der Waals surface area (Å²) in [4.78, 5) is 4.19. The molecule has 1 aromatic carbocycles. The molecule has 2 rings (SSSR count). The van der Waals surface area contributed by atoms with E-state index in [4.69, 9.17) is 21.1 Å². The van der Waals surface area contributed by atoms with Crippen LogP contribution in [0.15, 0.2) is 36.4 Å². The molecule has 0 N–H and O–H groups in total.